The number of anilines is 2. The lowest BCUT2D eigenvalue weighted by Crippen LogP contribution is -2.46. The van der Waals surface area contributed by atoms with Gasteiger partial charge in [-0.05, 0) is 31.3 Å². The van der Waals surface area contributed by atoms with Crippen molar-refractivity contribution in [3.63, 3.8) is 0 Å². The van der Waals surface area contributed by atoms with E-state index in [1.54, 1.807) is 31.3 Å². The topological polar surface area (TPSA) is 61.9 Å². The quantitative estimate of drug-likeness (QED) is 0.911. The largest absolute Gasteiger partial charge is 0.443 e. The third-order valence-corrected chi connectivity index (χ3v) is 4.17. The van der Waals surface area contributed by atoms with Gasteiger partial charge in [0.15, 0.2) is 0 Å². The Bertz CT molecular complexity index is 636. The highest BCUT2D eigenvalue weighted by Crippen LogP contribution is 2.32. The van der Waals surface area contributed by atoms with E-state index in [9.17, 15) is 18.4 Å². The fourth-order valence-corrected chi connectivity index (χ4v) is 2.94. The van der Waals surface area contributed by atoms with Crippen molar-refractivity contribution in [2.24, 2.45) is 0 Å². The predicted molar refractivity (Wildman–Crippen MR) is 84.5 cm³/mol. The van der Waals surface area contributed by atoms with Crippen LogP contribution in [0.3, 0.4) is 0 Å². The minimum atomic E-state index is -2.87. The number of nitrogens with one attached hydrogen (secondary N) is 1. The van der Waals surface area contributed by atoms with Gasteiger partial charge in [0.05, 0.1) is 13.1 Å². The van der Waals surface area contributed by atoms with Gasteiger partial charge in [0.1, 0.15) is 6.10 Å². The third kappa shape index (κ3) is 3.33. The lowest BCUT2D eigenvalue weighted by Gasteiger charge is -2.32. The number of rotatable bonds is 4. The first kappa shape index (κ1) is 16.6. The maximum Gasteiger partial charge on any atom is 0.414 e. The molecule has 1 atom stereocenters. The molecule has 1 aromatic rings. The van der Waals surface area contributed by atoms with Crippen molar-refractivity contribution in [3.8, 4) is 0 Å². The first-order valence-corrected chi connectivity index (χ1v) is 7.80. The van der Waals surface area contributed by atoms with E-state index in [1.165, 1.54) is 4.90 Å². The van der Waals surface area contributed by atoms with E-state index < -0.39 is 25.0 Å². The fraction of sp³-hybridized carbons (Fsp3) is 0.500. The molecule has 3 rings (SSSR count). The molecule has 2 amide bonds. The van der Waals surface area contributed by atoms with Crippen LogP contribution in [-0.4, -0.2) is 50.7 Å². The van der Waals surface area contributed by atoms with Crippen molar-refractivity contribution in [1.82, 2.24) is 5.32 Å². The van der Waals surface area contributed by atoms with E-state index in [4.69, 9.17) is 4.74 Å². The monoisotopic (exact) mass is 339 g/mol. The average molecular weight is 339 g/mol. The number of ether oxygens (including phenoxy) is 1. The first-order valence-electron chi connectivity index (χ1n) is 7.80. The molecule has 24 heavy (non-hydrogen) atoms. The normalized spacial score (nSPS) is 23.5. The van der Waals surface area contributed by atoms with E-state index in [2.05, 4.69) is 5.32 Å². The second-order valence-electron chi connectivity index (χ2n) is 6.03. The van der Waals surface area contributed by atoms with Gasteiger partial charge in [-0.15, -0.1) is 0 Å². The minimum absolute atomic E-state index is 0.168. The Kier molecular flexibility index (Phi) is 4.40. The van der Waals surface area contributed by atoms with Crippen LogP contribution in [-0.2, 0) is 9.53 Å². The number of benzene rings is 1. The van der Waals surface area contributed by atoms with Crippen molar-refractivity contribution in [1.29, 1.82) is 0 Å². The Morgan fingerprint density at radius 3 is 2.46 bits per heavy atom. The molecule has 0 radical (unpaired) electrons. The van der Waals surface area contributed by atoms with Crippen molar-refractivity contribution < 1.29 is 23.1 Å². The number of carbonyl (C=O) groups excluding carboxylic acids is 2. The van der Waals surface area contributed by atoms with Crippen LogP contribution in [0.25, 0.3) is 0 Å². The number of carbonyl (C=O) groups is 2. The second kappa shape index (κ2) is 6.35. The molecule has 0 bridgehead atoms. The van der Waals surface area contributed by atoms with Gasteiger partial charge in [-0.25, -0.2) is 13.6 Å². The number of alkyl halides is 2. The molecule has 1 unspecified atom stereocenters. The van der Waals surface area contributed by atoms with E-state index in [1.807, 2.05) is 0 Å². The summed E-state index contributed by atoms with van der Waals surface area (Å²) < 4.78 is 32.3. The van der Waals surface area contributed by atoms with Gasteiger partial charge in [-0.3, -0.25) is 9.69 Å². The highest BCUT2D eigenvalue weighted by atomic mass is 19.3. The number of hydrogen-bond acceptors (Lipinski definition) is 4. The Labute approximate surface area is 138 Å². The maximum absolute atomic E-state index is 13.5. The van der Waals surface area contributed by atoms with Crippen LogP contribution in [0.15, 0.2) is 24.3 Å². The minimum Gasteiger partial charge on any atom is -0.443 e. The smallest absolute Gasteiger partial charge is 0.414 e. The van der Waals surface area contributed by atoms with E-state index >= 15 is 0 Å². The van der Waals surface area contributed by atoms with Gasteiger partial charge in [-0.1, -0.05) is 0 Å². The Morgan fingerprint density at radius 1 is 1.21 bits per heavy atom. The predicted octanol–water partition coefficient (Wildman–Crippen LogP) is 1.99. The highest BCUT2D eigenvalue weighted by Gasteiger charge is 2.39. The number of hydrogen-bond donors (Lipinski definition) is 1. The molecule has 2 aliphatic heterocycles. The van der Waals surface area contributed by atoms with Crippen LogP contribution in [0, 0.1) is 0 Å². The molecular formula is C16H19F2N3O3. The van der Waals surface area contributed by atoms with Crippen LogP contribution >= 0.6 is 0 Å². The molecule has 2 saturated heterocycles. The van der Waals surface area contributed by atoms with Gasteiger partial charge in [0.2, 0.25) is 5.91 Å². The Balaban J connectivity index is 1.74. The van der Waals surface area contributed by atoms with Crippen LogP contribution in [0.5, 0.6) is 0 Å². The molecule has 2 heterocycles. The maximum atomic E-state index is 13.5. The molecule has 1 N–H and O–H groups in total. The molecule has 6 nitrogen and oxygen atoms in total. The number of nitrogens with zero attached hydrogens (tertiary/aromatic N) is 2. The van der Waals surface area contributed by atoms with Gasteiger partial charge >= 0.3 is 6.09 Å². The standard InChI is InChI=1S/C16H19F2N3O3/c1-19-8-13-9-20(15(23)24-13)11-2-4-12(5-3-11)21-10-16(17,18)7-6-14(21)22/h2-5,13,19H,6-10H2,1H3. The molecule has 2 aliphatic rings. The lowest BCUT2D eigenvalue weighted by atomic mass is 10.1. The zero-order chi connectivity index (χ0) is 17.3. The van der Waals surface area contributed by atoms with Crippen molar-refractivity contribution >= 4 is 23.4 Å². The summed E-state index contributed by atoms with van der Waals surface area (Å²) in [5.74, 6) is -3.19. The summed E-state index contributed by atoms with van der Waals surface area (Å²) in [7, 11) is 1.77. The summed E-state index contributed by atoms with van der Waals surface area (Å²) in [4.78, 5) is 26.4. The summed E-state index contributed by atoms with van der Waals surface area (Å²) in [5.41, 5.74) is 1.01. The van der Waals surface area contributed by atoms with Gasteiger partial charge in [0.25, 0.3) is 5.92 Å². The average Bonchev–Trinajstić information content (AvgIpc) is 2.91. The van der Waals surface area contributed by atoms with Crippen molar-refractivity contribution in [2.75, 3.05) is 36.5 Å². The van der Waals surface area contributed by atoms with Crippen LogP contribution in [0.2, 0.25) is 0 Å². The first-order chi connectivity index (χ1) is 11.4. The zero-order valence-electron chi connectivity index (χ0n) is 13.3. The molecule has 0 aliphatic carbocycles. The lowest BCUT2D eigenvalue weighted by molar-refractivity contribution is -0.125. The third-order valence-electron chi connectivity index (χ3n) is 4.17. The number of likely N-dealkylation sites (N-methyl/N-ethyl adjacent to an activating group) is 1. The molecule has 8 heteroatoms. The molecule has 0 aromatic heterocycles. The summed E-state index contributed by atoms with van der Waals surface area (Å²) in [6.45, 7) is 0.360. The van der Waals surface area contributed by atoms with Crippen molar-refractivity contribution in [2.45, 2.75) is 24.9 Å². The van der Waals surface area contributed by atoms with Crippen LogP contribution < -0.4 is 15.1 Å². The van der Waals surface area contributed by atoms with E-state index in [-0.39, 0.29) is 18.4 Å². The second-order valence-corrected chi connectivity index (χ2v) is 6.03. The summed E-state index contributed by atoms with van der Waals surface area (Å²) in [6, 6.07) is 6.43. The number of amides is 2. The molecule has 2 fully saturated rings. The molecule has 130 valence electrons. The molecular weight excluding hydrogens is 320 g/mol. The van der Waals surface area contributed by atoms with E-state index in [0.29, 0.717) is 24.5 Å². The number of piperidine rings is 1. The Morgan fingerprint density at radius 2 is 1.83 bits per heavy atom. The molecule has 1 aromatic carbocycles. The van der Waals surface area contributed by atoms with Crippen LogP contribution in [0.4, 0.5) is 25.0 Å². The SMILES string of the molecule is CNCC1CN(c2ccc(N3CC(F)(F)CCC3=O)cc2)C(=O)O1. The van der Waals surface area contributed by atoms with E-state index in [0.717, 1.165) is 4.90 Å². The number of cyclic esters (lactones) is 1. The molecule has 0 saturated carbocycles. The zero-order valence-corrected chi connectivity index (χ0v) is 13.3. The molecule has 0 spiro atoms. The fourth-order valence-electron chi connectivity index (χ4n) is 2.94. The van der Waals surface area contributed by atoms with Gasteiger partial charge in [0, 0.05) is 30.8 Å². The highest BCUT2D eigenvalue weighted by molar-refractivity contribution is 5.95. The van der Waals surface area contributed by atoms with Gasteiger partial charge < -0.3 is 15.0 Å². The summed E-state index contributed by atoms with van der Waals surface area (Å²) in [5, 5.41) is 2.95. The van der Waals surface area contributed by atoms with Gasteiger partial charge in [-0.2, -0.15) is 0 Å². The summed E-state index contributed by atoms with van der Waals surface area (Å²) >= 11 is 0. The van der Waals surface area contributed by atoms with Crippen LogP contribution in [0.1, 0.15) is 12.8 Å². The summed E-state index contributed by atoms with van der Waals surface area (Å²) in [6.07, 6.45) is -1.25. The van der Waals surface area contributed by atoms with Crippen molar-refractivity contribution in [3.05, 3.63) is 24.3 Å². The number of halogens is 2. The Hall–Kier alpha value is -2.22.